The van der Waals surface area contributed by atoms with Crippen molar-refractivity contribution in [3.63, 3.8) is 0 Å². The van der Waals surface area contributed by atoms with Crippen molar-refractivity contribution in [1.29, 1.82) is 0 Å². The fourth-order valence-electron chi connectivity index (χ4n) is 1.04. The summed E-state index contributed by atoms with van der Waals surface area (Å²) in [5.74, 6) is -0.374. The van der Waals surface area contributed by atoms with Crippen LogP contribution in [0, 0.1) is 10.1 Å². The molecule has 1 aromatic rings. The molecule has 0 aliphatic rings. The Morgan fingerprint density at radius 2 is 2.33 bits per heavy atom. The average molecular weight is 277 g/mol. The van der Waals surface area contributed by atoms with Crippen molar-refractivity contribution in [3.05, 3.63) is 32.3 Å². The Hall–Kier alpha value is -1.18. The van der Waals surface area contributed by atoms with Gasteiger partial charge in [0.05, 0.1) is 16.5 Å². The fraction of sp³-hybridized carbons (Fsp3) is 0.250. The van der Waals surface area contributed by atoms with Gasteiger partial charge >= 0.3 is 5.69 Å². The van der Waals surface area contributed by atoms with Crippen LogP contribution in [0.15, 0.2) is 16.6 Å². The average Bonchev–Trinajstić information content (AvgIpc) is 2.19. The maximum atomic E-state index is 10.6. The van der Waals surface area contributed by atoms with Crippen LogP contribution in [0.4, 0.5) is 5.69 Å². The first kappa shape index (κ1) is 11.9. The number of nitro benzene ring substituents is 1. The number of hydroxylamine groups is 1. The Morgan fingerprint density at radius 1 is 1.67 bits per heavy atom. The summed E-state index contributed by atoms with van der Waals surface area (Å²) >= 11 is 3.03. The number of nitrogens with zero attached hydrogens (tertiary/aromatic N) is 1. The molecule has 7 heteroatoms. The standard InChI is InChI=1S/C8H9BrN2O4/c1-15-10-4-5-2-6(9)8(12)7(3-5)11(13)14/h2-3,10,12H,4H2,1H3. The molecule has 0 heterocycles. The highest BCUT2D eigenvalue weighted by atomic mass is 79.9. The smallest absolute Gasteiger partial charge is 0.312 e. The molecule has 1 aromatic carbocycles. The van der Waals surface area contributed by atoms with Gasteiger partial charge in [-0.1, -0.05) is 0 Å². The molecule has 0 saturated heterocycles. The first-order valence-corrected chi connectivity index (χ1v) is 4.77. The van der Waals surface area contributed by atoms with Crippen molar-refractivity contribution in [2.75, 3.05) is 7.11 Å². The van der Waals surface area contributed by atoms with Crippen molar-refractivity contribution < 1.29 is 14.9 Å². The molecule has 0 radical (unpaired) electrons. The fourth-order valence-corrected chi connectivity index (χ4v) is 1.53. The number of benzene rings is 1. The molecule has 0 unspecified atom stereocenters. The van der Waals surface area contributed by atoms with E-state index in [1.807, 2.05) is 0 Å². The van der Waals surface area contributed by atoms with E-state index in [1.54, 1.807) is 6.07 Å². The van der Waals surface area contributed by atoms with E-state index in [0.717, 1.165) is 0 Å². The second-order valence-electron chi connectivity index (χ2n) is 2.73. The van der Waals surface area contributed by atoms with E-state index in [-0.39, 0.29) is 15.9 Å². The Morgan fingerprint density at radius 3 is 2.87 bits per heavy atom. The molecule has 0 bridgehead atoms. The molecular formula is C8H9BrN2O4. The highest BCUT2D eigenvalue weighted by molar-refractivity contribution is 9.10. The van der Waals surface area contributed by atoms with Gasteiger partial charge in [-0.2, -0.15) is 5.48 Å². The van der Waals surface area contributed by atoms with Crippen LogP contribution < -0.4 is 5.48 Å². The zero-order valence-corrected chi connectivity index (χ0v) is 9.44. The topological polar surface area (TPSA) is 84.6 Å². The van der Waals surface area contributed by atoms with E-state index in [2.05, 4.69) is 26.2 Å². The third-order valence-corrected chi connectivity index (χ3v) is 2.32. The molecular weight excluding hydrogens is 268 g/mol. The molecule has 15 heavy (non-hydrogen) atoms. The van der Waals surface area contributed by atoms with Crippen LogP contribution in [0.1, 0.15) is 5.56 Å². The number of rotatable bonds is 4. The number of aromatic hydroxyl groups is 1. The van der Waals surface area contributed by atoms with Gasteiger partial charge in [0.2, 0.25) is 5.75 Å². The van der Waals surface area contributed by atoms with E-state index in [0.29, 0.717) is 12.1 Å². The summed E-state index contributed by atoms with van der Waals surface area (Å²) in [5, 5.41) is 20.0. The third-order valence-electron chi connectivity index (χ3n) is 1.72. The number of halogens is 1. The summed E-state index contributed by atoms with van der Waals surface area (Å²) in [6.45, 7) is 0.316. The van der Waals surface area contributed by atoms with Crippen molar-refractivity contribution in [1.82, 2.24) is 5.48 Å². The van der Waals surface area contributed by atoms with Crippen molar-refractivity contribution in [3.8, 4) is 5.75 Å². The molecule has 0 fully saturated rings. The number of hydrogen-bond donors (Lipinski definition) is 2. The van der Waals surface area contributed by atoms with Crippen LogP contribution in [-0.2, 0) is 11.4 Å². The second-order valence-corrected chi connectivity index (χ2v) is 3.58. The molecule has 0 amide bonds. The molecule has 0 aromatic heterocycles. The predicted molar refractivity (Wildman–Crippen MR) is 56.3 cm³/mol. The Kier molecular flexibility index (Phi) is 4.01. The third kappa shape index (κ3) is 2.88. The highest BCUT2D eigenvalue weighted by Gasteiger charge is 2.17. The van der Waals surface area contributed by atoms with Gasteiger partial charge in [-0.25, -0.2) is 0 Å². The lowest BCUT2D eigenvalue weighted by molar-refractivity contribution is -0.386. The Bertz CT molecular complexity index is 383. The number of phenolic OH excluding ortho intramolecular Hbond substituents is 1. The monoisotopic (exact) mass is 276 g/mol. The van der Waals surface area contributed by atoms with Crippen LogP contribution in [0.3, 0.4) is 0 Å². The largest absolute Gasteiger partial charge is 0.501 e. The molecule has 82 valence electrons. The minimum absolute atomic E-state index is 0.282. The van der Waals surface area contributed by atoms with Crippen molar-refractivity contribution in [2.45, 2.75) is 6.54 Å². The number of phenols is 1. The predicted octanol–water partition coefficient (Wildman–Crippen LogP) is 1.71. The van der Waals surface area contributed by atoms with Gasteiger partial charge in [-0.05, 0) is 27.6 Å². The summed E-state index contributed by atoms with van der Waals surface area (Å²) in [5.41, 5.74) is 2.85. The zero-order chi connectivity index (χ0) is 11.4. The maximum absolute atomic E-state index is 10.6. The van der Waals surface area contributed by atoms with Gasteiger partial charge < -0.3 is 9.94 Å². The summed E-state index contributed by atoms with van der Waals surface area (Å²) in [7, 11) is 1.45. The van der Waals surface area contributed by atoms with Gasteiger partial charge in [-0.15, -0.1) is 0 Å². The van der Waals surface area contributed by atoms with Crippen LogP contribution >= 0.6 is 15.9 Å². The van der Waals surface area contributed by atoms with Crippen molar-refractivity contribution >= 4 is 21.6 Å². The Balaban J connectivity index is 3.06. The number of hydrogen-bond acceptors (Lipinski definition) is 5. The lowest BCUT2D eigenvalue weighted by Crippen LogP contribution is -2.10. The highest BCUT2D eigenvalue weighted by Crippen LogP contribution is 2.34. The van der Waals surface area contributed by atoms with E-state index < -0.39 is 4.92 Å². The van der Waals surface area contributed by atoms with E-state index in [4.69, 9.17) is 0 Å². The SMILES string of the molecule is CONCc1cc(Br)c(O)c([N+](=O)[O-])c1. The number of nitrogens with one attached hydrogen (secondary N) is 1. The van der Waals surface area contributed by atoms with Crippen LogP contribution in [-0.4, -0.2) is 17.1 Å². The quantitative estimate of drug-likeness (QED) is 0.646. The van der Waals surface area contributed by atoms with E-state index >= 15 is 0 Å². The molecule has 1 rings (SSSR count). The lowest BCUT2D eigenvalue weighted by atomic mass is 10.2. The van der Waals surface area contributed by atoms with E-state index in [1.165, 1.54) is 13.2 Å². The second kappa shape index (κ2) is 5.06. The van der Waals surface area contributed by atoms with Crippen LogP contribution in [0.25, 0.3) is 0 Å². The van der Waals surface area contributed by atoms with Gasteiger partial charge in [0.1, 0.15) is 0 Å². The normalized spacial score (nSPS) is 10.3. The first-order chi connectivity index (χ1) is 7.06. The summed E-state index contributed by atoms with van der Waals surface area (Å²) in [6.07, 6.45) is 0. The first-order valence-electron chi connectivity index (χ1n) is 3.98. The molecule has 0 spiro atoms. The lowest BCUT2D eigenvalue weighted by Gasteiger charge is -2.04. The molecule has 0 atom stereocenters. The van der Waals surface area contributed by atoms with Gasteiger partial charge in [-0.3, -0.25) is 10.1 Å². The molecule has 6 nitrogen and oxygen atoms in total. The van der Waals surface area contributed by atoms with Gasteiger partial charge in [0, 0.05) is 12.6 Å². The van der Waals surface area contributed by atoms with Crippen molar-refractivity contribution in [2.24, 2.45) is 0 Å². The summed E-state index contributed by atoms with van der Waals surface area (Å²) in [6, 6.07) is 2.86. The molecule has 2 N–H and O–H groups in total. The molecule has 0 aliphatic carbocycles. The molecule has 0 saturated carbocycles. The Labute approximate surface area is 94.1 Å². The van der Waals surface area contributed by atoms with E-state index in [9.17, 15) is 15.2 Å². The van der Waals surface area contributed by atoms with Crippen LogP contribution in [0.2, 0.25) is 0 Å². The molecule has 0 aliphatic heterocycles. The summed E-state index contributed by atoms with van der Waals surface area (Å²) < 4.78 is 0.282. The van der Waals surface area contributed by atoms with Gasteiger partial charge in [0.15, 0.2) is 0 Å². The maximum Gasteiger partial charge on any atom is 0.312 e. The zero-order valence-electron chi connectivity index (χ0n) is 7.86. The summed E-state index contributed by atoms with van der Waals surface area (Å²) in [4.78, 5) is 14.5. The minimum atomic E-state index is -0.642. The van der Waals surface area contributed by atoms with Gasteiger partial charge in [0.25, 0.3) is 0 Å². The van der Waals surface area contributed by atoms with Crippen LogP contribution in [0.5, 0.6) is 5.75 Å². The minimum Gasteiger partial charge on any atom is -0.501 e. The number of nitro groups is 1.